The van der Waals surface area contributed by atoms with E-state index in [1.54, 1.807) is 30.3 Å². The highest BCUT2D eigenvalue weighted by atomic mass is 19.1. The summed E-state index contributed by atoms with van der Waals surface area (Å²) in [5.74, 6) is -1.02. The van der Waals surface area contributed by atoms with E-state index in [1.807, 2.05) is 13.0 Å². The Labute approximate surface area is 152 Å². The zero-order valence-corrected chi connectivity index (χ0v) is 14.8. The first-order valence-corrected chi connectivity index (χ1v) is 8.64. The number of halogens is 1. The maximum absolute atomic E-state index is 13.2. The highest BCUT2D eigenvalue weighted by molar-refractivity contribution is 6.04. The van der Waals surface area contributed by atoms with Gasteiger partial charge in [-0.2, -0.15) is 0 Å². The molecule has 0 heterocycles. The molecule has 138 valence electrons. The van der Waals surface area contributed by atoms with E-state index < -0.39 is 0 Å². The average molecular weight is 357 g/mol. The van der Waals surface area contributed by atoms with Gasteiger partial charge in [0.2, 0.25) is 5.91 Å². The van der Waals surface area contributed by atoms with Crippen LogP contribution in [-0.4, -0.2) is 24.9 Å². The quantitative estimate of drug-likeness (QED) is 0.679. The number of aryl methyl sites for hydroxylation is 1. The molecule has 0 radical (unpaired) electrons. The molecule has 0 fully saturated rings. The summed E-state index contributed by atoms with van der Waals surface area (Å²) < 4.78 is 13.2. The standard InChI is InChI=1S/C20H24FN3O2/c1-14(9-10-15-5-4-6-16(21)13-15)19(25)24-18-8-3-2-7-17(18)20(26)23-12-11-22/h2-8,13-14H,9-12,22H2,1H3,(H,23,26)(H,24,25). The van der Waals surface area contributed by atoms with Gasteiger partial charge in [0.15, 0.2) is 0 Å². The van der Waals surface area contributed by atoms with Crippen LogP contribution in [0.4, 0.5) is 10.1 Å². The minimum atomic E-state index is -0.281. The van der Waals surface area contributed by atoms with Crippen molar-refractivity contribution in [3.8, 4) is 0 Å². The van der Waals surface area contributed by atoms with Gasteiger partial charge in [0.05, 0.1) is 11.3 Å². The monoisotopic (exact) mass is 357 g/mol. The molecule has 0 bridgehead atoms. The minimum absolute atomic E-state index is 0.180. The average Bonchev–Trinajstić information content (AvgIpc) is 2.64. The number of hydrogen-bond acceptors (Lipinski definition) is 3. The predicted molar refractivity (Wildman–Crippen MR) is 100 cm³/mol. The number of nitrogens with two attached hydrogens (primary N) is 1. The summed E-state index contributed by atoms with van der Waals surface area (Å²) in [4.78, 5) is 24.6. The van der Waals surface area contributed by atoms with E-state index in [-0.39, 0.29) is 23.5 Å². The first-order valence-electron chi connectivity index (χ1n) is 8.64. The topological polar surface area (TPSA) is 84.2 Å². The van der Waals surface area contributed by atoms with Crippen molar-refractivity contribution in [2.75, 3.05) is 18.4 Å². The van der Waals surface area contributed by atoms with Crippen molar-refractivity contribution in [2.45, 2.75) is 19.8 Å². The molecule has 5 nitrogen and oxygen atoms in total. The zero-order valence-electron chi connectivity index (χ0n) is 14.8. The van der Waals surface area contributed by atoms with Crippen LogP contribution in [0.15, 0.2) is 48.5 Å². The zero-order chi connectivity index (χ0) is 18.9. The number of anilines is 1. The number of carbonyl (C=O) groups excluding carboxylic acids is 2. The van der Waals surface area contributed by atoms with Crippen molar-refractivity contribution in [3.05, 3.63) is 65.5 Å². The molecule has 0 aliphatic rings. The second kappa shape index (κ2) is 9.68. The summed E-state index contributed by atoms with van der Waals surface area (Å²) in [6, 6.07) is 13.2. The summed E-state index contributed by atoms with van der Waals surface area (Å²) in [7, 11) is 0. The number of amides is 2. The van der Waals surface area contributed by atoms with Gasteiger partial charge in [0.25, 0.3) is 5.91 Å². The summed E-state index contributed by atoms with van der Waals surface area (Å²) in [6.07, 6.45) is 1.18. The van der Waals surface area contributed by atoms with E-state index in [4.69, 9.17) is 5.73 Å². The molecule has 0 aliphatic heterocycles. The highest BCUT2D eigenvalue weighted by Crippen LogP contribution is 2.18. The Balaban J connectivity index is 1.97. The van der Waals surface area contributed by atoms with Crippen molar-refractivity contribution < 1.29 is 14.0 Å². The molecule has 0 aromatic heterocycles. The number of hydrogen-bond donors (Lipinski definition) is 3. The first kappa shape index (κ1) is 19.6. The van der Waals surface area contributed by atoms with E-state index in [0.29, 0.717) is 37.2 Å². The van der Waals surface area contributed by atoms with Gasteiger partial charge >= 0.3 is 0 Å². The van der Waals surface area contributed by atoms with Crippen molar-refractivity contribution in [1.82, 2.24) is 5.32 Å². The van der Waals surface area contributed by atoms with Crippen LogP contribution in [0.1, 0.15) is 29.3 Å². The predicted octanol–water partition coefficient (Wildman–Crippen LogP) is 2.72. The van der Waals surface area contributed by atoms with Gasteiger partial charge in [0.1, 0.15) is 5.82 Å². The third-order valence-electron chi connectivity index (χ3n) is 4.06. The molecule has 2 rings (SSSR count). The number of benzene rings is 2. The van der Waals surface area contributed by atoms with Crippen LogP contribution in [0.5, 0.6) is 0 Å². The van der Waals surface area contributed by atoms with Crippen LogP contribution in [0.25, 0.3) is 0 Å². The van der Waals surface area contributed by atoms with Crippen molar-refractivity contribution in [2.24, 2.45) is 11.7 Å². The molecule has 0 saturated heterocycles. The second-order valence-corrected chi connectivity index (χ2v) is 6.15. The van der Waals surface area contributed by atoms with Crippen molar-refractivity contribution in [1.29, 1.82) is 0 Å². The Kier molecular flexibility index (Phi) is 7.29. The lowest BCUT2D eigenvalue weighted by atomic mass is 10.00. The number of rotatable bonds is 8. The second-order valence-electron chi connectivity index (χ2n) is 6.15. The Morgan fingerprint density at radius 3 is 2.65 bits per heavy atom. The lowest BCUT2D eigenvalue weighted by Gasteiger charge is -2.15. The van der Waals surface area contributed by atoms with Gasteiger partial charge in [0, 0.05) is 19.0 Å². The maximum atomic E-state index is 13.2. The summed E-state index contributed by atoms with van der Waals surface area (Å²) >= 11 is 0. The molecule has 0 aliphatic carbocycles. The van der Waals surface area contributed by atoms with Gasteiger partial charge in [-0.15, -0.1) is 0 Å². The highest BCUT2D eigenvalue weighted by Gasteiger charge is 2.17. The summed E-state index contributed by atoms with van der Waals surface area (Å²) in [6.45, 7) is 2.52. The SMILES string of the molecule is CC(CCc1cccc(F)c1)C(=O)Nc1ccccc1C(=O)NCCN. The Morgan fingerprint density at radius 1 is 1.15 bits per heavy atom. The first-order chi connectivity index (χ1) is 12.5. The van der Waals surface area contributed by atoms with Crippen LogP contribution in [-0.2, 0) is 11.2 Å². The molecule has 2 aromatic carbocycles. The normalized spacial score (nSPS) is 11.7. The fourth-order valence-electron chi connectivity index (χ4n) is 2.53. The van der Waals surface area contributed by atoms with Gasteiger partial charge in [-0.25, -0.2) is 4.39 Å². The molecule has 0 spiro atoms. The summed E-state index contributed by atoms with van der Waals surface area (Å²) in [5, 5.41) is 5.50. The number of para-hydroxylation sites is 1. The van der Waals surface area contributed by atoms with E-state index in [2.05, 4.69) is 10.6 Å². The van der Waals surface area contributed by atoms with Gasteiger partial charge in [-0.3, -0.25) is 9.59 Å². The Morgan fingerprint density at radius 2 is 1.92 bits per heavy atom. The lowest BCUT2D eigenvalue weighted by molar-refractivity contribution is -0.119. The van der Waals surface area contributed by atoms with Crippen LogP contribution >= 0.6 is 0 Å². The molecule has 1 atom stereocenters. The van der Waals surface area contributed by atoms with Crippen LogP contribution in [0.3, 0.4) is 0 Å². The van der Waals surface area contributed by atoms with Gasteiger partial charge in [-0.05, 0) is 42.7 Å². The third-order valence-corrected chi connectivity index (χ3v) is 4.06. The van der Waals surface area contributed by atoms with Gasteiger partial charge < -0.3 is 16.4 Å². The molecular weight excluding hydrogens is 333 g/mol. The molecule has 6 heteroatoms. The fraction of sp³-hybridized carbons (Fsp3) is 0.300. The Hall–Kier alpha value is -2.73. The summed E-state index contributed by atoms with van der Waals surface area (Å²) in [5.41, 5.74) is 7.11. The minimum Gasteiger partial charge on any atom is -0.351 e. The van der Waals surface area contributed by atoms with E-state index in [1.165, 1.54) is 12.1 Å². The smallest absolute Gasteiger partial charge is 0.253 e. The molecule has 2 amide bonds. The molecule has 0 saturated carbocycles. The maximum Gasteiger partial charge on any atom is 0.253 e. The number of carbonyl (C=O) groups is 2. The third kappa shape index (κ3) is 5.67. The van der Waals surface area contributed by atoms with E-state index >= 15 is 0 Å². The van der Waals surface area contributed by atoms with E-state index in [9.17, 15) is 14.0 Å². The van der Waals surface area contributed by atoms with Crippen molar-refractivity contribution >= 4 is 17.5 Å². The molecule has 2 aromatic rings. The largest absolute Gasteiger partial charge is 0.351 e. The molecule has 4 N–H and O–H groups in total. The number of nitrogens with one attached hydrogen (secondary N) is 2. The van der Waals surface area contributed by atoms with Crippen LogP contribution in [0.2, 0.25) is 0 Å². The fourth-order valence-corrected chi connectivity index (χ4v) is 2.53. The van der Waals surface area contributed by atoms with Gasteiger partial charge in [-0.1, -0.05) is 31.2 Å². The lowest BCUT2D eigenvalue weighted by Crippen LogP contribution is -2.30. The van der Waals surface area contributed by atoms with Crippen molar-refractivity contribution in [3.63, 3.8) is 0 Å². The Bertz CT molecular complexity index is 764. The van der Waals surface area contributed by atoms with Crippen LogP contribution in [0, 0.1) is 11.7 Å². The van der Waals surface area contributed by atoms with E-state index in [0.717, 1.165) is 5.56 Å². The van der Waals surface area contributed by atoms with Crippen LogP contribution < -0.4 is 16.4 Å². The molecule has 26 heavy (non-hydrogen) atoms. The molecular formula is C20H24FN3O2. The molecule has 1 unspecified atom stereocenters.